The first-order valence-corrected chi connectivity index (χ1v) is 5.07. The molecule has 2 amide bonds. The van der Waals surface area contributed by atoms with E-state index in [1.54, 1.807) is 0 Å². The van der Waals surface area contributed by atoms with Gasteiger partial charge in [-0.05, 0) is 12.3 Å². The van der Waals surface area contributed by atoms with Gasteiger partial charge in [0, 0.05) is 13.5 Å². The van der Waals surface area contributed by atoms with Crippen LogP contribution in [0.25, 0.3) is 0 Å². The van der Waals surface area contributed by atoms with Crippen LogP contribution in [0, 0.1) is 5.92 Å². The highest BCUT2D eigenvalue weighted by atomic mass is 16.2. The van der Waals surface area contributed by atoms with Crippen LogP contribution in [0.15, 0.2) is 0 Å². The zero-order valence-electron chi connectivity index (χ0n) is 9.22. The smallest absolute Gasteiger partial charge is 0.239 e. The molecular formula is C10H20N2O2. The molecule has 0 rings (SSSR count). The Labute approximate surface area is 85.4 Å². The molecule has 2 N–H and O–H groups in total. The standard InChI is InChI=1S/C10H20N2O2/c1-4-5-8(2)6-12-10(14)7-11-9(3)13/h8H,4-7H2,1-3H3,(H,11,13)(H,12,14). The minimum atomic E-state index is -0.179. The molecule has 0 aromatic rings. The van der Waals surface area contributed by atoms with Crippen molar-refractivity contribution >= 4 is 11.8 Å². The van der Waals surface area contributed by atoms with Crippen LogP contribution in [0.1, 0.15) is 33.6 Å². The molecule has 0 bridgehead atoms. The van der Waals surface area contributed by atoms with Crippen LogP contribution in [0.2, 0.25) is 0 Å². The van der Waals surface area contributed by atoms with Crippen molar-refractivity contribution in [3.05, 3.63) is 0 Å². The molecule has 0 spiro atoms. The van der Waals surface area contributed by atoms with Crippen molar-refractivity contribution in [3.8, 4) is 0 Å². The minimum absolute atomic E-state index is 0.0776. The molecule has 0 saturated heterocycles. The fraction of sp³-hybridized carbons (Fsp3) is 0.800. The monoisotopic (exact) mass is 200 g/mol. The highest BCUT2D eigenvalue weighted by Crippen LogP contribution is 2.02. The van der Waals surface area contributed by atoms with Crippen molar-refractivity contribution in [2.45, 2.75) is 33.6 Å². The first-order valence-electron chi connectivity index (χ1n) is 5.07. The third-order valence-corrected chi connectivity index (χ3v) is 1.93. The predicted molar refractivity (Wildman–Crippen MR) is 55.8 cm³/mol. The highest BCUT2D eigenvalue weighted by molar-refractivity contribution is 5.83. The Morgan fingerprint density at radius 3 is 2.43 bits per heavy atom. The summed E-state index contributed by atoms with van der Waals surface area (Å²) in [6.45, 7) is 6.38. The predicted octanol–water partition coefficient (Wildman–Crippen LogP) is 0.675. The molecule has 4 heteroatoms. The van der Waals surface area contributed by atoms with Gasteiger partial charge in [0.15, 0.2) is 0 Å². The molecule has 14 heavy (non-hydrogen) atoms. The van der Waals surface area contributed by atoms with Crippen molar-refractivity contribution in [2.75, 3.05) is 13.1 Å². The normalized spacial score (nSPS) is 11.9. The van der Waals surface area contributed by atoms with E-state index in [-0.39, 0.29) is 18.4 Å². The third-order valence-electron chi connectivity index (χ3n) is 1.93. The molecular weight excluding hydrogens is 180 g/mol. The maximum absolute atomic E-state index is 11.1. The SMILES string of the molecule is CCCC(C)CNC(=O)CNC(C)=O. The average Bonchev–Trinajstić information content (AvgIpc) is 2.12. The number of amides is 2. The van der Waals surface area contributed by atoms with Crippen LogP contribution in [0.5, 0.6) is 0 Å². The number of hydrogen-bond donors (Lipinski definition) is 2. The van der Waals surface area contributed by atoms with Crippen molar-refractivity contribution in [1.29, 1.82) is 0 Å². The topological polar surface area (TPSA) is 58.2 Å². The lowest BCUT2D eigenvalue weighted by molar-refractivity contribution is -0.125. The molecule has 0 saturated carbocycles. The molecule has 1 unspecified atom stereocenters. The van der Waals surface area contributed by atoms with E-state index in [0.717, 1.165) is 12.8 Å². The van der Waals surface area contributed by atoms with Crippen molar-refractivity contribution < 1.29 is 9.59 Å². The molecule has 0 aromatic carbocycles. The Kier molecular flexibility index (Phi) is 6.80. The zero-order chi connectivity index (χ0) is 11.0. The van der Waals surface area contributed by atoms with Crippen LogP contribution in [-0.4, -0.2) is 24.9 Å². The molecule has 0 aliphatic rings. The Morgan fingerprint density at radius 1 is 1.29 bits per heavy atom. The summed E-state index contributed by atoms with van der Waals surface area (Å²) in [7, 11) is 0. The van der Waals surface area contributed by atoms with E-state index in [1.165, 1.54) is 6.92 Å². The molecule has 82 valence electrons. The fourth-order valence-electron chi connectivity index (χ4n) is 1.15. The van der Waals surface area contributed by atoms with E-state index in [4.69, 9.17) is 0 Å². The van der Waals surface area contributed by atoms with Crippen LogP contribution in [0.4, 0.5) is 0 Å². The maximum Gasteiger partial charge on any atom is 0.239 e. The quantitative estimate of drug-likeness (QED) is 0.662. The summed E-state index contributed by atoms with van der Waals surface area (Å²) < 4.78 is 0. The van der Waals surface area contributed by atoms with Gasteiger partial charge >= 0.3 is 0 Å². The summed E-state index contributed by atoms with van der Waals surface area (Å²) in [6.07, 6.45) is 2.24. The summed E-state index contributed by atoms with van der Waals surface area (Å²) in [5.41, 5.74) is 0. The Morgan fingerprint density at radius 2 is 1.93 bits per heavy atom. The Hall–Kier alpha value is -1.06. The summed E-state index contributed by atoms with van der Waals surface area (Å²) in [5.74, 6) is 0.200. The third kappa shape index (κ3) is 7.58. The van der Waals surface area contributed by atoms with Gasteiger partial charge in [-0.2, -0.15) is 0 Å². The van der Waals surface area contributed by atoms with Crippen molar-refractivity contribution in [2.24, 2.45) is 5.92 Å². The molecule has 0 aliphatic carbocycles. The van der Waals surface area contributed by atoms with Gasteiger partial charge in [0.1, 0.15) is 0 Å². The minimum Gasteiger partial charge on any atom is -0.354 e. The fourth-order valence-corrected chi connectivity index (χ4v) is 1.15. The van der Waals surface area contributed by atoms with Gasteiger partial charge in [-0.25, -0.2) is 0 Å². The second-order valence-electron chi connectivity index (χ2n) is 3.61. The molecule has 4 nitrogen and oxygen atoms in total. The van der Waals surface area contributed by atoms with E-state index in [9.17, 15) is 9.59 Å². The second-order valence-corrected chi connectivity index (χ2v) is 3.61. The summed E-state index contributed by atoms with van der Waals surface area (Å²) >= 11 is 0. The molecule has 0 heterocycles. The first kappa shape index (κ1) is 12.9. The zero-order valence-corrected chi connectivity index (χ0v) is 9.22. The van der Waals surface area contributed by atoms with Gasteiger partial charge in [-0.15, -0.1) is 0 Å². The number of carbonyl (C=O) groups is 2. The van der Waals surface area contributed by atoms with E-state index in [1.807, 2.05) is 0 Å². The lowest BCUT2D eigenvalue weighted by Crippen LogP contribution is -2.37. The molecule has 1 atom stereocenters. The van der Waals surface area contributed by atoms with Gasteiger partial charge < -0.3 is 10.6 Å². The van der Waals surface area contributed by atoms with Crippen molar-refractivity contribution in [3.63, 3.8) is 0 Å². The van der Waals surface area contributed by atoms with E-state index in [0.29, 0.717) is 12.5 Å². The molecule has 0 fully saturated rings. The van der Waals surface area contributed by atoms with E-state index < -0.39 is 0 Å². The number of nitrogens with one attached hydrogen (secondary N) is 2. The maximum atomic E-state index is 11.1. The Bertz CT molecular complexity index is 193. The number of rotatable bonds is 6. The Balaban J connectivity index is 3.48. The highest BCUT2D eigenvalue weighted by Gasteiger charge is 2.04. The molecule has 0 radical (unpaired) electrons. The number of carbonyl (C=O) groups excluding carboxylic acids is 2. The lowest BCUT2D eigenvalue weighted by atomic mass is 10.1. The average molecular weight is 200 g/mol. The van der Waals surface area contributed by atoms with Gasteiger partial charge in [-0.3, -0.25) is 9.59 Å². The summed E-state index contributed by atoms with van der Waals surface area (Å²) in [5, 5.41) is 5.22. The van der Waals surface area contributed by atoms with Gasteiger partial charge in [0.2, 0.25) is 11.8 Å². The van der Waals surface area contributed by atoms with Gasteiger partial charge in [-0.1, -0.05) is 20.3 Å². The van der Waals surface area contributed by atoms with Crippen molar-refractivity contribution in [1.82, 2.24) is 10.6 Å². The van der Waals surface area contributed by atoms with Gasteiger partial charge in [0.25, 0.3) is 0 Å². The van der Waals surface area contributed by atoms with E-state index >= 15 is 0 Å². The van der Waals surface area contributed by atoms with Crippen LogP contribution >= 0.6 is 0 Å². The van der Waals surface area contributed by atoms with Crippen LogP contribution in [-0.2, 0) is 9.59 Å². The molecule has 0 aromatic heterocycles. The first-order chi connectivity index (χ1) is 6.56. The lowest BCUT2D eigenvalue weighted by Gasteiger charge is -2.11. The van der Waals surface area contributed by atoms with Crippen LogP contribution < -0.4 is 10.6 Å². The number of hydrogen-bond acceptors (Lipinski definition) is 2. The second kappa shape index (κ2) is 7.35. The summed E-state index contributed by atoms with van der Waals surface area (Å²) in [4.78, 5) is 21.6. The largest absolute Gasteiger partial charge is 0.354 e. The van der Waals surface area contributed by atoms with Crippen LogP contribution in [0.3, 0.4) is 0 Å². The molecule has 0 aliphatic heterocycles. The van der Waals surface area contributed by atoms with E-state index in [2.05, 4.69) is 24.5 Å². The summed E-state index contributed by atoms with van der Waals surface area (Å²) in [6, 6.07) is 0. The van der Waals surface area contributed by atoms with Gasteiger partial charge in [0.05, 0.1) is 6.54 Å².